The van der Waals surface area contributed by atoms with Crippen molar-refractivity contribution in [1.82, 2.24) is 0 Å². The van der Waals surface area contributed by atoms with Gasteiger partial charge in [-0.15, -0.1) is 0 Å². The number of ketones is 1. The quantitative estimate of drug-likeness (QED) is 0.811. The second kappa shape index (κ2) is 6.60. The average molecular weight is 262 g/mol. The first-order valence-corrected chi connectivity index (χ1v) is 7.15. The van der Waals surface area contributed by atoms with Crippen molar-refractivity contribution in [2.75, 3.05) is 13.2 Å². The molecule has 1 fully saturated rings. The molecule has 1 aromatic carbocycles. The summed E-state index contributed by atoms with van der Waals surface area (Å²) in [6.07, 6.45) is 3.33. The van der Waals surface area contributed by atoms with E-state index in [2.05, 4.69) is 12.1 Å². The van der Waals surface area contributed by atoms with Crippen molar-refractivity contribution in [3.05, 3.63) is 23.8 Å². The van der Waals surface area contributed by atoms with Gasteiger partial charge in [-0.3, -0.25) is 4.79 Å². The summed E-state index contributed by atoms with van der Waals surface area (Å²) in [7, 11) is 0. The molecule has 0 atom stereocenters. The summed E-state index contributed by atoms with van der Waals surface area (Å²) >= 11 is 0. The molecule has 0 saturated heterocycles. The zero-order valence-electron chi connectivity index (χ0n) is 11.8. The number of Topliss-reactive ketones (excluding diaryl/α,β-unsaturated/α-hetero) is 1. The van der Waals surface area contributed by atoms with Crippen LogP contribution < -0.4 is 9.47 Å². The molecule has 3 nitrogen and oxygen atoms in total. The summed E-state index contributed by atoms with van der Waals surface area (Å²) in [5, 5.41) is 0. The summed E-state index contributed by atoms with van der Waals surface area (Å²) in [6.45, 7) is 5.21. The molecule has 1 aliphatic carbocycles. The van der Waals surface area contributed by atoms with E-state index in [1.54, 1.807) is 0 Å². The normalized spacial score (nSPS) is 16.4. The van der Waals surface area contributed by atoms with E-state index in [0.717, 1.165) is 24.3 Å². The van der Waals surface area contributed by atoms with Crippen molar-refractivity contribution >= 4 is 5.78 Å². The van der Waals surface area contributed by atoms with Gasteiger partial charge in [-0.05, 0) is 50.3 Å². The molecule has 0 unspecified atom stereocenters. The first kappa shape index (κ1) is 13.9. The molecule has 0 aromatic heterocycles. The highest BCUT2D eigenvalue weighted by atomic mass is 16.5. The van der Waals surface area contributed by atoms with E-state index in [1.165, 1.54) is 5.56 Å². The summed E-state index contributed by atoms with van der Waals surface area (Å²) in [4.78, 5) is 11.3. The second-order valence-corrected chi connectivity index (χ2v) is 4.89. The van der Waals surface area contributed by atoms with Gasteiger partial charge in [0, 0.05) is 12.8 Å². The molecule has 0 N–H and O–H groups in total. The highest BCUT2D eigenvalue weighted by molar-refractivity contribution is 5.79. The van der Waals surface area contributed by atoms with Crippen molar-refractivity contribution in [1.29, 1.82) is 0 Å². The Bertz CT molecular complexity index is 430. The Kier molecular flexibility index (Phi) is 4.83. The maximum absolute atomic E-state index is 11.3. The average Bonchev–Trinajstić information content (AvgIpc) is 2.42. The molecule has 2 rings (SSSR count). The van der Waals surface area contributed by atoms with Gasteiger partial charge in [0.1, 0.15) is 5.78 Å². The lowest BCUT2D eigenvalue weighted by molar-refractivity contribution is -0.120. The highest BCUT2D eigenvalue weighted by Gasteiger charge is 2.21. The Balaban J connectivity index is 2.17. The second-order valence-electron chi connectivity index (χ2n) is 4.89. The maximum atomic E-state index is 11.3. The van der Waals surface area contributed by atoms with E-state index >= 15 is 0 Å². The largest absolute Gasteiger partial charge is 0.490 e. The lowest BCUT2D eigenvalue weighted by atomic mass is 9.83. The van der Waals surface area contributed by atoms with Crippen LogP contribution in [0.25, 0.3) is 0 Å². The van der Waals surface area contributed by atoms with Gasteiger partial charge in [-0.2, -0.15) is 0 Å². The van der Waals surface area contributed by atoms with Crippen LogP contribution in [-0.4, -0.2) is 19.0 Å². The molecule has 0 radical (unpaired) electrons. The van der Waals surface area contributed by atoms with E-state index in [1.807, 2.05) is 19.9 Å². The summed E-state index contributed by atoms with van der Waals surface area (Å²) in [5.41, 5.74) is 1.26. The van der Waals surface area contributed by atoms with Crippen LogP contribution in [0.4, 0.5) is 0 Å². The third kappa shape index (κ3) is 3.49. The lowest BCUT2D eigenvalue weighted by Gasteiger charge is -2.22. The third-order valence-corrected chi connectivity index (χ3v) is 3.58. The summed E-state index contributed by atoms with van der Waals surface area (Å²) < 4.78 is 11.2. The molecule has 19 heavy (non-hydrogen) atoms. The fraction of sp³-hybridized carbons (Fsp3) is 0.562. The van der Waals surface area contributed by atoms with Crippen molar-refractivity contribution in [2.45, 2.75) is 45.4 Å². The van der Waals surface area contributed by atoms with Gasteiger partial charge in [0.25, 0.3) is 0 Å². The zero-order valence-corrected chi connectivity index (χ0v) is 11.8. The number of carbonyl (C=O) groups excluding carboxylic acids is 1. The molecule has 0 spiro atoms. The molecular weight excluding hydrogens is 240 g/mol. The number of hydrogen-bond acceptors (Lipinski definition) is 3. The van der Waals surface area contributed by atoms with Gasteiger partial charge in [-0.25, -0.2) is 0 Å². The van der Waals surface area contributed by atoms with E-state index in [-0.39, 0.29) is 0 Å². The fourth-order valence-corrected chi connectivity index (χ4v) is 2.59. The molecule has 1 aliphatic rings. The van der Waals surface area contributed by atoms with Crippen LogP contribution in [0.15, 0.2) is 18.2 Å². The Hall–Kier alpha value is -1.51. The topological polar surface area (TPSA) is 35.5 Å². The number of carbonyl (C=O) groups is 1. The molecule has 0 aliphatic heterocycles. The Morgan fingerprint density at radius 2 is 1.68 bits per heavy atom. The van der Waals surface area contributed by atoms with Crippen LogP contribution in [0.1, 0.15) is 51.0 Å². The van der Waals surface area contributed by atoms with Gasteiger partial charge < -0.3 is 9.47 Å². The van der Waals surface area contributed by atoms with E-state index in [4.69, 9.17) is 9.47 Å². The molecule has 1 aromatic rings. The molecule has 104 valence electrons. The third-order valence-electron chi connectivity index (χ3n) is 3.58. The van der Waals surface area contributed by atoms with Crippen molar-refractivity contribution in [2.24, 2.45) is 0 Å². The van der Waals surface area contributed by atoms with Gasteiger partial charge in [0.15, 0.2) is 11.5 Å². The number of ether oxygens (including phenoxy) is 2. The zero-order chi connectivity index (χ0) is 13.7. The van der Waals surface area contributed by atoms with E-state index in [0.29, 0.717) is 37.8 Å². The minimum atomic E-state index is 0.396. The first-order valence-electron chi connectivity index (χ1n) is 7.15. The van der Waals surface area contributed by atoms with Crippen LogP contribution in [0.5, 0.6) is 11.5 Å². The predicted molar refractivity (Wildman–Crippen MR) is 75.0 cm³/mol. The van der Waals surface area contributed by atoms with Crippen molar-refractivity contribution in [3.63, 3.8) is 0 Å². The van der Waals surface area contributed by atoms with Crippen molar-refractivity contribution in [3.8, 4) is 11.5 Å². The van der Waals surface area contributed by atoms with E-state index < -0.39 is 0 Å². The smallest absolute Gasteiger partial charge is 0.161 e. The number of rotatable bonds is 5. The highest BCUT2D eigenvalue weighted by Crippen LogP contribution is 2.36. The first-order chi connectivity index (χ1) is 9.24. The number of hydrogen-bond donors (Lipinski definition) is 0. The SMILES string of the molecule is CCOc1ccc(C2CCC(=O)CC2)cc1OCC. The monoisotopic (exact) mass is 262 g/mol. The minimum absolute atomic E-state index is 0.396. The van der Waals surface area contributed by atoms with Gasteiger partial charge >= 0.3 is 0 Å². The van der Waals surface area contributed by atoms with Crippen LogP contribution in [-0.2, 0) is 4.79 Å². The molecule has 0 heterocycles. The summed E-state index contributed by atoms with van der Waals surface area (Å²) in [6, 6.07) is 6.17. The van der Waals surface area contributed by atoms with Gasteiger partial charge in [-0.1, -0.05) is 6.07 Å². The van der Waals surface area contributed by atoms with Crippen LogP contribution >= 0.6 is 0 Å². The lowest BCUT2D eigenvalue weighted by Crippen LogP contribution is -2.12. The van der Waals surface area contributed by atoms with E-state index in [9.17, 15) is 4.79 Å². The fourth-order valence-electron chi connectivity index (χ4n) is 2.59. The van der Waals surface area contributed by atoms with Crippen LogP contribution in [0.2, 0.25) is 0 Å². The summed E-state index contributed by atoms with van der Waals surface area (Å²) in [5.74, 6) is 2.50. The number of benzene rings is 1. The molecule has 3 heteroatoms. The van der Waals surface area contributed by atoms with Gasteiger partial charge in [0.2, 0.25) is 0 Å². The molecule has 0 bridgehead atoms. The Morgan fingerprint density at radius 3 is 2.32 bits per heavy atom. The molecule has 0 amide bonds. The molecular formula is C16H22O3. The molecule has 1 saturated carbocycles. The Labute approximate surface area is 114 Å². The standard InChI is InChI=1S/C16H22O3/c1-3-18-15-10-7-13(11-16(15)19-4-2)12-5-8-14(17)9-6-12/h7,10-12H,3-6,8-9H2,1-2H3. The van der Waals surface area contributed by atoms with Gasteiger partial charge in [0.05, 0.1) is 13.2 Å². The minimum Gasteiger partial charge on any atom is -0.490 e. The maximum Gasteiger partial charge on any atom is 0.161 e. The van der Waals surface area contributed by atoms with Crippen LogP contribution in [0, 0.1) is 0 Å². The van der Waals surface area contributed by atoms with Crippen molar-refractivity contribution < 1.29 is 14.3 Å². The predicted octanol–water partition coefficient (Wildman–Crippen LogP) is 3.71. The van der Waals surface area contributed by atoms with Crippen LogP contribution in [0.3, 0.4) is 0 Å². The Morgan fingerprint density at radius 1 is 1.05 bits per heavy atom.